The molecule has 4 rings (SSSR count). The van der Waals surface area contributed by atoms with Crippen LogP contribution in [0.5, 0.6) is 5.75 Å². The SMILES string of the molecule is COc1ccc(CCN2C(=O)C(CC(=O)Nc3ccc(Br)cc3)SC2=Nc2ccccc2)cc1. The molecule has 1 unspecified atom stereocenters. The van der Waals surface area contributed by atoms with Crippen molar-refractivity contribution in [2.75, 3.05) is 19.0 Å². The van der Waals surface area contributed by atoms with Crippen molar-refractivity contribution in [3.8, 4) is 5.75 Å². The number of benzene rings is 3. The van der Waals surface area contributed by atoms with Crippen LogP contribution in [0, 0.1) is 0 Å². The molecule has 1 heterocycles. The van der Waals surface area contributed by atoms with E-state index in [9.17, 15) is 9.59 Å². The lowest BCUT2D eigenvalue weighted by molar-refractivity contribution is -0.128. The summed E-state index contributed by atoms with van der Waals surface area (Å²) in [5, 5.41) is 2.97. The second-order valence-electron chi connectivity index (χ2n) is 7.68. The van der Waals surface area contributed by atoms with Crippen molar-refractivity contribution in [2.45, 2.75) is 18.1 Å². The molecule has 1 aliphatic rings. The van der Waals surface area contributed by atoms with E-state index >= 15 is 0 Å². The lowest BCUT2D eigenvalue weighted by Gasteiger charge is -2.16. The topological polar surface area (TPSA) is 71.0 Å². The first-order chi connectivity index (χ1) is 16.5. The molecule has 1 fully saturated rings. The van der Waals surface area contributed by atoms with Gasteiger partial charge < -0.3 is 10.1 Å². The van der Waals surface area contributed by atoms with Crippen molar-refractivity contribution in [3.05, 3.63) is 88.9 Å². The van der Waals surface area contributed by atoms with E-state index in [-0.39, 0.29) is 18.2 Å². The van der Waals surface area contributed by atoms with Gasteiger partial charge in [-0.2, -0.15) is 0 Å². The molecule has 3 aromatic carbocycles. The summed E-state index contributed by atoms with van der Waals surface area (Å²) in [5.74, 6) is 0.489. The van der Waals surface area contributed by atoms with E-state index in [1.807, 2.05) is 78.9 Å². The van der Waals surface area contributed by atoms with Crippen molar-refractivity contribution in [1.29, 1.82) is 0 Å². The highest BCUT2D eigenvalue weighted by Gasteiger charge is 2.39. The van der Waals surface area contributed by atoms with E-state index in [1.165, 1.54) is 11.8 Å². The van der Waals surface area contributed by atoms with Crippen LogP contribution >= 0.6 is 27.7 Å². The minimum atomic E-state index is -0.520. The Morgan fingerprint density at radius 3 is 2.44 bits per heavy atom. The number of aliphatic imine (C=N–C) groups is 1. The first-order valence-electron chi connectivity index (χ1n) is 10.8. The molecule has 0 bridgehead atoms. The van der Waals surface area contributed by atoms with E-state index < -0.39 is 5.25 Å². The number of hydrogen-bond donors (Lipinski definition) is 1. The molecule has 2 amide bonds. The summed E-state index contributed by atoms with van der Waals surface area (Å²) in [4.78, 5) is 32.3. The van der Waals surface area contributed by atoms with Crippen LogP contribution in [0.2, 0.25) is 0 Å². The zero-order valence-electron chi connectivity index (χ0n) is 18.6. The van der Waals surface area contributed by atoms with Crippen LogP contribution in [0.15, 0.2) is 88.3 Å². The number of nitrogens with one attached hydrogen (secondary N) is 1. The van der Waals surface area contributed by atoms with Gasteiger partial charge in [0.1, 0.15) is 11.0 Å². The Bertz CT molecular complexity index is 1170. The summed E-state index contributed by atoms with van der Waals surface area (Å²) in [6.07, 6.45) is 0.744. The molecular formula is C26H24BrN3O3S. The van der Waals surface area contributed by atoms with Gasteiger partial charge in [0.2, 0.25) is 11.8 Å². The highest BCUT2D eigenvalue weighted by Crippen LogP contribution is 2.32. The number of anilines is 1. The number of amides is 2. The quantitative estimate of drug-likeness (QED) is 0.402. The summed E-state index contributed by atoms with van der Waals surface area (Å²) in [7, 11) is 1.63. The Labute approximate surface area is 211 Å². The standard InChI is InChI=1S/C26H24BrN3O3S/c1-33-22-13-7-18(8-14-22)15-16-30-25(32)23(34-26(30)29-20-5-3-2-4-6-20)17-24(31)28-21-11-9-19(27)10-12-21/h2-14,23H,15-17H2,1H3,(H,28,31). The van der Waals surface area contributed by atoms with Gasteiger partial charge in [0.15, 0.2) is 5.17 Å². The average Bonchev–Trinajstić information content (AvgIpc) is 3.13. The molecule has 1 N–H and O–H groups in total. The Hall–Kier alpha value is -3.10. The van der Waals surface area contributed by atoms with E-state index in [4.69, 9.17) is 9.73 Å². The van der Waals surface area contributed by atoms with Gasteiger partial charge in [0.25, 0.3) is 0 Å². The number of hydrogen-bond acceptors (Lipinski definition) is 5. The zero-order chi connectivity index (χ0) is 23.9. The first-order valence-corrected chi connectivity index (χ1v) is 12.5. The van der Waals surface area contributed by atoms with Gasteiger partial charge in [0.05, 0.1) is 12.8 Å². The molecule has 34 heavy (non-hydrogen) atoms. The number of ether oxygens (including phenoxy) is 1. The van der Waals surface area contributed by atoms with Crippen molar-refractivity contribution in [2.24, 2.45) is 4.99 Å². The molecule has 1 saturated heterocycles. The van der Waals surface area contributed by atoms with Gasteiger partial charge in [-0.05, 0) is 60.5 Å². The number of thioether (sulfide) groups is 1. The lowest BCUT2D eigenvalue weighted by Crippen LogP contribution is -2.35. The summed E-state index contributed by atoms with van der Waals surface area (Å²) < 4.78 is 6.15. The largest absolute Gasteiger partial charge is 0.497 e. The number of para-hydroxylation sites is 1. The second kappa shape index (κ2) is 11.4. The van der Waals surface area contributed by atoms with Crippen molar-refractivity contribution < 1.29 is 14.3 Å². The van der Waals surface area contributed by atoms with Crippen LogP contribution in [-0.4, -0.2) is 40.8 Å². The Morgan fingerprint density at radius 2 is 1.76 bits per heavy atom. The molecule has 0 aromatic heterocycles. The Balaban J connectivity index is 1.47. The number of halogens is 1. The fourth-order valence-corrected chi connectivity index (χ4v) is 4.94. The molecule has 6 nitrogen and oxygen atoms in total. The maximum atomic E-state index is 13.3. The van der Waals surface area contributed by atoms with E-state index in [0.29, 0.717) is 23.8 Å². The highest BCUT2D eigenvalue weighted by molar-refractivity contribution is 9.10. The number of carbonyl (C=O) groups is 2. The Kier molecular flexibility index (Phi) is 8.03. The molecular weight excluding hydrogens is 514 g/mol. The lowest BCUT2D eigenvalue weighted by atomic mass is 10.1. The fraction of sp³-hybridized carbons (Fsp3) is 0.192. The third-order valence-corrected chi connectivity index (χ3v) is 6.99. The highest BCUT2D eigenvalue weighted by atomic mass is 79.9. The molecule has 0 spiro atoms. The maximum absolute atomic E-state index is 13.3. The molecule has 8 heteroatoms. The molecule has 1 aliphatic heterocycles. The van der Waals surface area contributed by atoms with Crippen LogP contribution in [-0.2, 0) is 16.0 Å². The smallest absolute Gasteiger partial charge is 0.242 e. The van der Waals surface area contributed by atoms with Crippen LogP contribution in [0.4, 0.5) is 11.4 Å². The molecule has 0 radical (unpaired) electrons. The number of amidine groups is 1. The monoisotopic (exact) mass is 537 g/mol. The van der Waals surface area contributed by atoms with Crippen LogP contribution in [0.3, 0.4) is 0 Å². The van der Waals surface area contributed by atoms with Gasteiger partial charge in [0, 0.05) is 23.1 Å². The predicted octanol–water partition coefficient (Wildman–Crippen LogP) is 5.66. The van der Waals surface area contributed by atoms with Crippen LogP contribution in [0.1, 0.15) is 12.0 Å². The normalized spacial score (nSPS) is 16.6. The summed E-state index contributed by atoms with van der Waals surface area (Å²) in [5.41, 5.74) is 2.56. The molecule has 174 valence electrons. The predicted molar refractivity (Wildman–Crippen MR) is 141 cm³/mol. The van der Waals surface area contributed by atoms with Gasteiger partial charge >= 0.3 is 0 Å². The molecule has 0 saturated carbocycles. The molecule has 3 aromatic rings. The van der Waals surface area contributed by atoms with E-state index in [0.717, 1.165) is 21.5 Å². The fourth-order valence-electron chi connectivity index (χ4n) is 3.49. The summed E-state index contributed by atoms with van der Waals surface area (Å²) >= 11 is 4.73. The van der Waals surface area contributed by atoms with Crippen LogP contribution < -0.4 is 10.1 Å². The maximum Gasteiger partial charge on any atom is 0.242 e. The van der Waals surface area contributed by atoms with Crippen molar-refractivity contribution in [3.63, 3.8) is 0 Å². The van der Waals surface area contributed by atoms with Crippen LogP contribution in [0.25, 0.3) is 0 Å². The Morgan fingerprint density at radius 1 is 1.06 bits per heavy atom. The van der Waals surface area contributed by atoms with Gasteiger partial charge in [-0.1, -0.05) is 58.0 Å². The number of nitrogens with zero attached hydrogens (tertiary/aromatic N) is 2. The van der Waals surface area contributed by atoms with Crippen molar-refractivity contribution in [1.82, 2.24) is 4.90 Å². The number of rotatable bonds is 8. The minimum absolute atomic E-state index is 0.0758. The average molecular weight is 538 g/mol. The number of methoxy groups -OCH3 is 1. The number of carbonyl (C=O) groups excluding carboxylic acids is 2. The minimum Gasteiger partial charge on any atom is -0.497 e. The van der Waals surface area contributed by atoms with Gasteiger partial charge in [-0.25, -0.2) is 4.99 Å². The molecule has 0 aliphatic carbocycles. The van der Waals surface area contributed by atoms with Gasteiger partial charge in [-0.15, -0.1) is 0 Å². The summed E-state index contributed by atoms with van der Waals surface area (Å²) in [6.45, 7) is 0.481. The second-order valence-corrected chi connectivity index (χ2v) is 9.77. The summed E-state index contributed by atoms with van der Waals surface area (Å²) in [6, 6.07) is 24.7. The third kappa shape index (κ3) is 6.27. The van der Waals surface area contributed by atoms with Crippen molar-refractivity contribution >= 4 is 56.0 Å². The zero-order valence-corrected chi connectivity index (χ0v) is 21.0. The van der Waals surface area contributed by atoms with E-state index in [2.05, 4.69) is 21.2 Å². The first kappa shape index (κ1) is 24.0. The van der Waals surface area contributed by atoms with E-state index in [1.54, 1.807) is 12.0 Å². The van der Waals surface area contributed by atoms with Gasteiger partial charge in [-0.3, -0.25) is 14.5 Å². The molecule has 1 atom stereocenters. The third-order valence-electron chi connectivity index (χ3n) is 5.28.